The number of esters is 1. The molecule has 0 fully saturated rings. The molecule has 0 aliphatic heterocycles. The Balaban J connectivity index is 2.15. The molecule has 118 valence electrons. The van der Waals surface area contributed by atoms with Gasteiger partial charge in [-0.1, -0.05) is 23.7 Å². The maximum atomic E-state index is 12.1. The number of ether oxygens (including phenoxy) is 3. The molecule has 0 saturated carbocycles. The Labute approximate surface area is 139 Å². The first-order chi connectivity index (χ1) is 11.1. The van der Waals surface area contributed by atoms with E-state index >= 15 is 0 Å². The van der Waals surface area contributed by atoms with E-state index in [0.717, 1.165) is 5.56 Å². The fourth-order valence-electron chi connectivity index (χ4n) is 1.94. The minimum Gasteiger partial charge on any atom is -0.497 e. The Bertz CT molecular complexity index is 750. The lowest BCUT2D eigenvalue weighted by Gasteiger charge is -2.11. The van der Waals surface area contributed by atoms with Crippen LogP contribution >= 0.6 is 11.6 Å². The minimum atomic E-state index is -0.486. The van der Waals surface area contributed by atoms with Crippen molar-refractivity contribution in [3.05, 3.63) is 52.5 Å². The van der Waals surface area contributed by atoms with E-state index in [1.165, 1.54) is 19.2 Å². The third-order valence-corrected chi connectivity index (χ3v) is 3.36. The summed E-state index contributed by atoms with van der Waals surface area (Å²) in [6, 6.07) is 11.9. The van der Waals surface area contributed by atoms with Crippen LogP contribution in [0.2, 0.25) is 5.02 Å². The second kappa shape index (κ2) is 7.52. The van der Waals surface area contributed by atoms with Crippen molar-refractivity contribution in [3.63, 3.8) is 0 Å². The first-order valence-electron chi connectivity index (χ1n) is 6.68. The van der Waals surface area contributed by atoms with E-state index in [-0.39, 0.29) is 22.9 Å². The van der Waals surface area contributed by atoms with Gasteiger partial charge in [0.05, 0.1) is 37.3 Å². The van der Waals surface area contributed by atoms with Gasteiger partial charge in [0.15, 0.2) is 11.5 Å². The normalized spacial score (nSPS) is 9.83. The maximum absolute atomic E-state index is 12.1. The Morgan fingerprint density at radius 1 is 1.17 bits per heavy atom. The summed E-state index contributed by atoms with van der Waals surface area (Å²) in [6.07, 6.45) is 0.0729. The van der Waals surface area contributed by atoms with E-state index in [0.29, 0.717) is 11.3 Å². The standard InChI is InChI=1S/C17H14ClNO4/c1-21-13-5-3-11(4-6-13)9-16(20)23-17-14(18)7-12(10-19)8-15(17)22-2/h3-8H,9H2,1-2H3. The molecule has 0 bridgehead atoms. The molecule has 2 aromatic carbocycles. The highest BCUT2D eigenvalue weighted by molar-refractivity contribution is 6.32. The molecule has 0 aliphatic rings. The third kappa shape index (κ3) is 4.15. The maximum Gasteiger partial charge on any atom is 0.315 e. The van der Waals surface area contributed by atoms with Crippen LogP contribution in [0.15, 0.2) is 36.4 Å². The second-order valence-electron chi connectivity index (χ2n) is 4.60. The number of hydrogen-bond acceptors (Lipinski definition) is 5. The summed E-state index contributed by atoms with van der Waals surface area (Å²) in [4.78, 5) is 12.1. The summed E-state index contributed by atoms with van der Waals surface area (Å²) in [5.74, 6) is 0.558. The van der Waals surface area contributed by atoms with E-state index in [1.54, 1.807) is 31.4 Å². The van der Waals surface area contributed by atoms with Gasteiger partial charge in [0.25, 0.3) is 0 Å². The zero-order valence-corrected chi connectivity index (χ0v) is 13.4. The number of nitriles is 1. The van der Waals surface area contributed by atoms with Crippen LogP contribution in [-0.4, -0.2) is 20.2 Å². The predicted octanol–water partition coefficient (Wildman–Crippen LogP) is 3.38. The quantitative estimate of drug-likeness (QED) is 0.620. The summed E-state index contributed by atoms with van der Waals surface area (Å²) in [5, 5.41) is 9.05. The molecule has 0 heterocycles. The van der Waals surface area contributed by atoms with Crippen molar-refractivity contribution in [1.82, 2.24) is 0 Å². The van der Waals surface area contributed by atoms with Crippen molar-refractivity contribution >= 4 is 17.6 Å². The summed E-state index contributed by atoms with van der Waals surface area (Å²) >= 11 is 6.05. The first-order valence-corrected chi connectivity index (χ1v) is 7.06. The number of nitrogens with zero attached hydrogens (tertiary/aromatic N) is 1. The Morgan fingerprint density at radius 3 is 2.43 bits per heavy atom. The number of carbonyl (C=O) groups is 1. The largest absolute Gasteiger partial charge is 0.497 e. The van der Waals surface area contributed by atoms with Crippen molar-refractivity contribution in [3.8, 4) is 23.3 Å². The van der Waals surface area contributed by atoms with Gasteiger partial charge in [-0.25, -0.2) is 0 Å². The molecular formula is C17H14ClNO4. The van der Waals surface area contributed by atoms with Crippen LogP contribution in [0.5, 0.6) is 17.2 Å². The highest BCUT2D eigenvalue weighted by atomic mass is 35.5. The molecule has 2 aromatic rings. The van der Waals surface area contributed by atoms with E-state index in [2.05, 4.69) is 0 Å². The zero-order chi connectivity index (χ0) is 16.8. The lowest BCUT2D eigenvalue weighted by molar-refractivity contribution is -0.133. The van der Waals surface area contributed by atoms with Gasteiger partial charge in [-0.2, -0.15) is 5.26 Å². The van der Waals surface area contributed by atoms with Crippen molar-refractivity contribution in [2.75, 3.05) is 14.2 Å². The average Bonchev–Trinajstić information content (AvgIpc) is 2.57. The van der Waals surface area contributed by atoms with Crippen molar-refractivity contribution < 1.29 is 19.0 Å². The van der Waals surface area contributed by atoms with E-state index in [4.69, 9.17) is 31.1 Å². The molecule has 6 heteroatoms. The van der Waals surface area contributed by atoms with Gasteiger partial charge in [0, 0.05) is 6.07 Å². The highest BCUT2D eigenvalue weighted by Gasteiger charge is 2.16. The molecule has 0 amide bonds. The molecule has 0 saturated heterocycles. The van der Waals surface area contributed by atoms with Crippen LogP contribution in [0.25, 0.3) is 0 Å². The summed E-state index contributed by atoms with van der Waals surface area (Å²) in [5.41, 5.74) is 1.10. The van der Waals surface area contributed by atoms with Crippen LogP contribution in [0.1, 0.15) is 11.1 Å². The van der Waals surface area contributed by atoms with Gasteiger partial charge in [-0.05, 0) is 23.8 Å². The average molecular weight is 332 g/mol. The van der Waals surface area contributed by atoms with Crippen LogP contribution in [0.3, 0.4) is 0 Å². The van der Waals surface area contributed by atoms with Gasteiger partial charge < -0.3 is 14.2 Å². The molecule has 0 aromatic heterocycles. The molecule has 0 N–H and O–H groups in total. The van der Waals surface area contributed by atoms with Crippen molar-refractivity contribution in [2.45, 2.75) is 6.42 Å². The van der Waals surface area contributed by atoms with E-state index in [9.17, 15) is 4.79 Å². The second-order valence-corrected chi connectivity index (χ2v) is 5.01. The Hall–Kier alpha value is -2.71. The number of halogens is 1. The third-order valence-electron chi connectivity index (χ3n) is 3.08. The van der Waals surface area contributed by atoms with Gasteiger partial charge in [-0.15, -0.1) is 0 Å². The molecule has 0 radical (unpaired) electrons. The molecule has 2 rings (SSSR count). The fourth-order valence-corrected chi connectivity index (χ4v) is 2.19. The van der Waals surface area contributed by atoms with Gasteiger partial charge in [0.2, 0.25) is 0 Å². The number of hydrogen-bond donors (Lipinski definition) is 0. The molecule has 0 unspecified atom stereocenters. The number of rotatable bonds is 5. The highest BCUT2D eigenvalue weighted by Crippen LogP contribution is 2.36. The molecule has 5 nitrogen and oxygen atoms in total. The van der Waals surface area contributed by atoms with Crippen LogP contribution in [0.4, 0.5) is 0 Å². The zero-order valence-electron chi connectivity index (χ0n) is 12.6. The Kier molecular flexibility index (Phi) is 5.45. The molecule has 0 aliphatic carbocycles. The smallest absolute Gasteiger partial charge is 0.315 e. The van der Waals surface area contributed by atoms with Gasteiger partial charge in [-0.3, -0.25) is 4.79 Å². The number of benzene rings is 2. The number of carbonyl (C=O) groups excluding carboxylic acids is 1. The van der Waals surface area contributed by atoms with E-state index in [1.807, 2.05) is 6.07 Å². The van der Waals surface area contributed by atoms with E-state index < -0.39 is 5.97 Å². The SMILES string of the molecule is COc1ccc(CC(=O)Oc2c(Cl)cc(C#N)cc2OC)cc1. The summed E-state index contributed by atoms with van der Waals surface area (Å²) in [7, 11) is 2.98. The predicted molar refractivity (Wildman–Crippen MR) is 85.1 cm³/mol. The molecule has 0 spiro atoms. The lowest BCUT2D eigenvalue weighted by Crippen LogP contribution is -2.12. The lowest BCUT2D eigenvalue weighted by atomic mass is 10.1. The molecular weight excluding hydrogens is 318 g/mol. The number of methoxy groups -OCH3 is 2. The molecule has 23 heavy (non-hydrogen) atoms. The van der Waals surface area contributed by atoms with Crippen LogP contribution in [-0.2, 0) is 11.2 Å². The Morgan fingerprint density at radius 2 is 1.87 bits per heavy atom. The van der Waals surface area contributed by atoms with Crippen LogP contribution in [0, 0.1) is 11.3 Å². The van der Waals surface area contributed by atoms with Gasteiger partial charge >= 0.3 is 5.97 Å². The molecule has 0 atom stereocenters. The summed E-state index contributed by atoms with van der Waals surface area (Å²) in [6.45, 7) is 0. The summed E-state index contributed by atoms with van der Waals surface area (Å²) < 4.78 is 15.5. The topological polar surface area (TPSA) is 68.5 Å². The van der Waals surface area contributed by atoms with Crippen molar-refractivity contribution in [2.24, 2.45) is 0 Å². The minimum absolute atomic E-state index is 0.0729. The monoisotopic (exact) mass is 331 g/mol. The van der Waals surface area contributed by atoms with Crippen LogP contribution < -0.4 is 14.2 Å². The van der Waals surface area contributed by atoms with Crippen molar-refractivity contribution in [1.29, 1.82) is 5.26 Å². The van der Waals surface area contributed by atoms with Gasteiger partial charge in [0.1, 0.15) is 5.75 Å². The first kappa shape index (κ1) is 16.7. The fraction of sp³-hybridized carbons (Fsp3) is 0.176.